The highest BCUT2D eigenvalue weighted by Crippen LogP contribution is 2.33. The van der Waals surface area contributed by atoms with E-state index in [0.29, 0.717) is 5.69 Å². The monoisotopic (exact) mass is 451 g/mol. The zero-order valence-electron chi connectivity index (χ0n) is 15.4. The highest BCUT2D eigenvalue weighted by molar-refractivity contribution is 7.93. The summed E-state index contributed by atoms with van der Waals surface area (Å²) < 4.78 is 39.6. The maximum absolute atomic E-state index is 14.6. The summed E-state index contributed by atoms with van der Waals surface area (Å²) in [4.78, 5) is 5.64. The van der Waals surface area contributed by atoms with E-state index in [9.17, 15) is 12.8 Å². The van der Waals surface area contributed by atoms with Crippen LogP contribution >= 0.6 is 22.9 Å². The topological polar surface area (TPSA) is 62.3 Å². The Balaban J connectivity index is 1.47. The largest absolute Gasteiger partial charge is 0.380 e. The van der Waals surface area contributed by atoms with Crippen molar-refractivity contribution in [1.29, 1.82) is 0 Å². The Labute approximate surface area is 178 Å². The van der Waals surface area contributed by atoms with Gasteiger partial charge in [0.2, 0.25) is 14.2 Å². The second kappa shape index (κ2) is 8.39. The van der Waals surface area contributed by atoms with Crippen LogP contribution in [0.3, 0.4) is 0 Å². The first-order chi connectivity index (χ1) is 13.9. The molecule has 0 saturated carbocycles. The Morgan fingerprint density at radius 3 is 2.79 bits per heavy atom. The fourth-order valence-corrected chi connectivity index (χ4v) is 6.00. The van der Waals surface area contributed by atoms with Gasteiger partial charge in [-0.05, 0) is 24.1 Å². The van der Waals surface area contributed by atoms with E-state index in [4.69, 9.17) is 11.6 Å². The molecule has 2 heterocycles. The van der Waals surface area contributed by atoms with Crippen LogP contribution in [0.4, 0.5) is 10.1 Å². The zero-order valence-corrected chi connectivity index (χ0v) is 17.8. The van der Waals surface area contributed by atoms with Gasteiger partial charge in [0.15, 0.2) is 0 Å². The van der Waals surface area contributed by atoms with Gasteiger partial charge in [-0.15, -0.1) is 11.3 Å². The molecule has 0 unspecified atom stereocenters. The molecule has 0 spiro atoms. The van der Waals surface area contributed by atoms with E-state index in [1.165, 1.54) is 17.1 Å². The maximum Gasteiger partial charge on any atom is 0.236 e. The van der Waals surface area contributed by atoms with Crippen molar-refractivity contribution < 1.29 is 12.8 Å². The smallest absolute Gasteiger partial charge is 0.236 e. The molecule has 5 nitrogen and oxygen atoms in total. The van der Waals surface area contributed by atoms with Crippen LogP contribution < -0.4 is 5.32 Å². The standard InChI is InChI=1S/C20H19ClFN3O2S2/c21-16-10-19(29(26,27)20-23-7-9-28-20)17(22)11-18(16)24-15-6-8-25(13-15)12-14-4-2-1-3-5-14/h1-5,7,9-11,15,24H,6,8,12-13H2/t15-/m1/s1. The second-order valence-electron chi connectivity index (χ2n) is 6.91. The molecule has 1 atom stereocenters. The second-order valence-corrected chi connectivity index (χ2v) is 10.3. The number of anilines is 1. The number of hydrogen-bond donors (Lipinski definition) is 1. The lowest BCUT2D eigenvalue weighted by atomic mass is 10.2. The number of nitrogens with one attached hydrogen (secondary N) is 1. The Morgan fingerprint density at radius 1 is 1.28 bits per heavy atom. The van der Waals surface area contributed by atoms with Crippen LogP contribution in [0.2, 0.25) is 5.02 Å². The van der Waals surface area contributed by atoms with Gasteiger partial charge < -0.3 is 5.32 Å². The first-order valence-corrected chi connectivity index (χ1v) is 11.8. The fourth-order valence-electron chi connectivity index (χ4n) is 3.44. The van der Waals surface area contributed by atoms with Crippen molar-refractivity contribution in [3.63, 3.8) is 0 Å². The third-order valence-corrected chi connectivity index (χ3v) is 8.11. The Hall–Kier alpha value is -2.00. The molecule has 1 aliphatic rings. The quantitative estimate of drug-likeness (QED) is 0.599. The average Bonchev–Trinajstić information content (AvgIpc) is 3.38. The Kier molecular flexibility index (Phi) is 5.87. The van der Waals surface area contributed by atoms with Gasteiger partial charge in [0, 0.05) is 37.3 Å². The van der Waals surface area contributed by atoms with Crippen molar-refractivity contribution in [3.05, 3.63) is 70.4 Å². The Morgan fingerprint density at radius 2 is 2.07 bits per heavy atom. The van der Waals surface area contributed by atoms with Gasteiger partial charge in [-0.3, -0.25) is 4.90 Å². The average molecular weight is 452 g/mol. The molecule has 3 aromatic rings. The van der Waals surface area contributed by atoms with E-state index in [1.807, 2.05) is 18.2 Å². The summed E-state index contributed by atoms with van der Waals surface area (Å²) in [5.41, 5.74) is 1.64. The van der Waals surface area contributed by atoms with Gasteiger partial charge in [0.05, 0.1) is 10.7 Å². The van der Waals surface area contributed by atoms with Crippen LogP contribution in [0, 0.1) is 5.82 Å². The predicted molar refractivity (Wildman–Crippen MR) is 113 cm³/mol. The molecule has 1 fully saturated rings. The van der Waals surface area contributed by atoms with Crippen molar-refractivity contribution in [2.75, 3.05) is 18.4 Å². The molecule has 1 aliphatic heterocycles. The van der Waals surface area contributed by atoms with Crippen LogP contribution in [-0.2, 0) is 16.4 Å². The highest BCUT2D eigenvalue weighted by atomic mass is 35.5. The van der Waals surface area contributed by atoms with E-state index in [-0.39, 0.29) is 15.4 Å². The maximum atomic E-state index is 14.6. The molecule has 0 aliphatic carbocycles. The molecular formula is C20H19ClFN3O2S2. The zero-order chi connectivity index (χ0) is 20.4. The number of benzene rings is 2. The van der Waals surface area contributed by atoms with E-state index >= 15 is 0 Å². The van der Waals surface area contributed by atoms with Gasteiger partial charge >= 0.3 is 0 Å². The Bertz CT molecular complexity index is 1090. The molecule has 0 bridgehead atoms. The minimum atomic E-state index is -4.02. The van der Waals surface area contributed by atoms with Crippen LogP contribution in [0.5, 0.6) is 0 Å². The minimum Gasteiger partial charge on any atom is -0.380 e. The minimum absolute atomic E-state index is 0.108. The van der Waals surface area contributed by atoms with E-state index in [1.54, 1.807) is 0 Å². The lowest BCUT2D eigenvalue weighted by molar-refractivity contribution is 0.328. The molecular weight excluding hydrogens is 433 g/mol. The summed E-state index contributed by atoms with van der Waals surface area (Å²) in [6, 6.07) is 12.6. The summed E-state index contributed by atoms with van der Waals surface area (Å²) >= 11 is 7.23. The fraction of sp³-hybridized carbons (Fsp3) is 0.250. The SMILES string of the molecule is O=S(=O)(c1nccs1)c1cc(Cl)c(N[C@@H]2CCN(Cc3ccccc3)C2)cc1F. The molecule has 29 heavy (non-hydrogen) atoms. The van der Waals surface area contributed by atoms with E-state index in [0.717, 1.165) is 49.5 Å². The van der Waals surface area contributed by atoms with Crippen LogP contribution in [0.15, 0.2) is 63.3 Å². The molecule has 0 radical (unpaired) electrons. The first-order valence-electron chi connectivity index (χ1n) is 9.10. The van der Waals surface area contributed by atoms with Gasteiger partial charge in [-0.25, -0.2) is 17.8 Å². The van der Waals surface area contributed by atoms with Crippen molar-refractivity contribution in [3.8, 4) is 0 Å². The molecule has 9 heteroatoms. The van der Waals surface area contributed by atoms with E-state index in [2.05, 4.69) is 27.3 Å². The summed E-state index contributed by atoms with van der Waals surface area (Å²) in [5, 5.41) is 4.96. The van der Waals surface area contributed by atoms with Crippen molar-refractivity contribution in [2.24, 2.45) is 0 Å². The number of sulfone groups is 1. The highest BCUT2D eigenvalue weighted by Gasteiger charge is 2.27. The number of aromatic nitrogens is 1. The number of rotatable bonds is 6. The number of halogens is 2. The number of likely N-dealkylation sites (tertiary alicyclic amines) is 1. The number of thiazole rings is 1. The molecule has 2 aromatic carbocycles. The van der Waals surface area contributed by atoms with Crippen molar-refractivity contribution in [2.45, 2.75) is 28.2 Å². The van der Waals surface area contributed by atoms with Crippen LogP contribution in [0.1, 0.15) is 12.0 Å². The van der Waals surface area contributed by atoms with Crippen LogP contribution in [0.25, 0.3) is 0 Å². The normalized spacial score (nSPS) is 17.5. The third-order valence-electron chi connectivity index (χ3n) is 4.83. The molecule has 152 valence electrons. The first kappa shape index (κ1) is 20.3. The van der Waals surface area contributed by atoms with Crippen LogP contribution in [-0.4, -0.2) is 37.4 Å². The van der Waals surface area contributed by atoms with Gasteiger partial charge in [-0.2, -0.15) is 0 Å². The third kappa shape index (κ3) is 4.45. The summed E-state index contributed by atoms with van der Waals surface area (Å²) in [6.45, 7) is 2.57. The summed E-state index contributed by atoms with van der Waals surface area (Å²) in [7, 11) is -4.02. The number of hydrogen-bond acceptors (Lipinski definition) is 6. The summed E-state index contributed by atoms with van der Waals surface area (Å²) in [6.07, 6.45) is 2.26. The molecule has 4 rings (SSSR count). The lowest BCUT2D eigenvalue weighted by Crippen LogP contribution is -2.26. The van der Waals surface area contributed by atoms with Gasteiger partial charge in [0.25, 0.3) is 0 Å². The predicted octanol–water partition coefficient (Wildman–Crippen LogP) is 4.45. The van der Waals surface area contributed by atoms with Crippen molar-refractivity contribution in [1.82, 2.24) is 9.88 Å². The summed E-state index contributed by atoms with van der Waals surface area (Å²) in [5.74, 6) is -0.841. The van der Waals surface area contributed by atoms with Crippen molar-refractivity contribution >= 4 is 38.5 Å². The van der Waals surface area contributed by atoms with E-state index < -0.39 is 20.5 Å². The lowest BCUT2D eigenvalue weighted by Gasteiger charge is -2.18. The molecule has 1 aromatic heterocycles. The molecule has 1 saturated heterocycles. The van der Waals surface area contributed by atoms with Gasteiger partial charge in [0.1, 0.15) is 10.7 Å². The van der Waals surface area contributed by atoms with Gasteiger partial charge in [-0.1, -0.05) is 41.9 Å². The number of nitrogens with zero attached hydrogens (tertiary/aromatic N) is 2. The molecule has 1 N–H and O–H groups in total. The molecule has 0 amide bonds.